The SMILES string of the molecule is CCCC(C)c1ccc(C#N)c(C)n1. The largest absolute Gasteiger partial charge is 0.257 e. The van der Waals surface area contributed by atoms with Crippen molar-refractivity contribution in [3.8, 4) is 6.07 Å². The van der Waals surface area contributed by atoms with Crippen LogP contribution in [0.2, 0.25) is 0 Å². The molecule has 1 rings (SSSR count). The zero-order valence-corrected chi connectivity index (χ0v) is 9.04. The molecule has 0 amide bonds. The monoisotopic (exact) mass is 188 g/mol. The van der Waals surface area contributed by atoms with Gasteiger partial charge in [0.15, 0.2) is 0 Å². The summed E-state index contributed by atoms with van der Waals surface area (Å²) >= 11 is 0. The molecule has 0 aliphatic carbocycles. The van der Waals surface area contributed by atoms with Crippen LogP contribution in [-0.4, -0.2) is 4.98 Å². The first kappa shape index (κ1) is 10.7. The minimum Gasteiger partial charge on any atom is -0.257 e. The lowest BCUT2D eigenvalue weighted by Crippen LogP contribution is -1.99. The second-order valence-electron chi connectivity index (χ2n) is 3.67. The number of hydrogen-bond donors (Lipinski definition) is 0. The maximum Gasteiger partial charge on any atom is 0.101 e. The molecular formula is C12H16N2. The third-order valence-electron chi connectivity index (χ3n) is 2.45. The summed E-state index contributed by atoms with van der Waals surface area (Å²) in [4.78, 5) is 4.44. The molecule has 1 unspecified atom stereocenters. The van der Waals surface area contributed by atoms with E-state index in [-0.39, 0.29) is 0 Å². The molecule has 1 aromatic heterocycles. The fraction of sp³-hybridized carbons (Fsp3) is 0.500. The summed E-state index contributed by atoms with van der Waals surface area (Å²) in [5, 5.41) is 8.76. The summed E-state index contributed by atoms with van der Waals surface area (Å²) in [6.07, 6.45) is 2.32. The van der Waals surface area contributed by atoms with Gasteiger partial charge in [-0.1, -0.05) is 20.3 Å². The van der Waals surface area contributed by atoms with E-state index in [0.29, 0.717) is 11.5 Å². The molecule has 74 valence electrons. The number of rotatable bonds is 3. The van der Waals surface area contributed by atoms with Crippen LogP contribution in [0, 0.1) is 18.3 Å². The van der Waals surface area contributed by atoms with Gasteiger partial charge in [0.05, 0.1) is 11.3 Å². The molecule has 0 aromatic carbocycles. The summed E-state index contributed by atoms with van der Waals surface area (Å²) in [5.74, 6) is 0.492. The van der Waals surface area contributed by atoms with Gasteiger partial charge in [0, 0.05) is 5.69 Å². The number of aryl methyl sites for hydroxylation is 1. The lowest BCUT2D eigenvalue weighted by atomic mass is 10.0. The van der Waals surface area contributed by atoms with E-state index in [4.69, 9.17) is 5.26 Å². The number of nitriles is 1. The Labute approximate surface area is 85.6 Å². The highest BCUT2D eigenvalue weighted by Crippen LogP contribution is 2.19. The van der Waals surface area contributed by atoms with Crippen LogP contribution in [0.3, 0.4) is 0 Å². The van der Waals surface area contributed by atoms with Gasteiger partial charge in [-0.2, -0.15) is 5.26 Å². The van der Waals surface area contributed by atoms with E-state index in [1.165, 1.54) is 6.42 Å². The normalized spacial score (nSPS) is 12.1. The molecule has 2 heteroatoms. The third kappa shape index (κ3) is 2.32. The Bertz CT molecular complexity index is 350. The Balaban J connectivity index is 2.92. The topological polar surface area (TPSA) is 36.7 Å². The van der Waals surface area contributed by atoms with Gasteiger partial charge >= 0.3 is 0 Å². The molecule has 0 aliphatic heterocycles. The van der Waals surface area contributed by atoms with Gasteiger partial charge in [-0.15, -0.1) is 0 Å². The highest BCUT2D eigenvalue weighted by Gasteiger charge is 2.07. The molecule has 0 saturated carbocycles. The van der Waals surface area contributed by atoms with Crippen molar-refractivity contribution < 1.29 is 0 Å². The van der Waals surface area contributed by atoms with Gasteiger partial charge in [0.1, 0.15) is 6.07 Å². The molecule has 0 bridgehead atoms. The van der Waals surface area contributed by atoms with Gasteiger partial charge in [-0.05, 0) is 31.4 Å². The fourth-order valence-electron chi connectivity index (χ4n) is 1.55. The van der Waals surface area contributed by atoms with E-state index in [9.17, 15) is 0 Å². The Morgan fingerprint density at radius 1 is 1.50 bits per heavy atom. The first-order valence-corrected chi connectivity index (χ1v) is 5.06. The molecule has 14 heavy (non-hydrogen) atoms. The first-order valence-electron chi connectivity index (χ1n) is 5.06. The Kier molecular flexibility index (Phi) is 3.64. The maximum absolute atomic E-state index is 8.76. The Hall–Kier alpha value is -1.36. The molecule has 0 aliphatic rings. The van der Waals surface area contributed by atoms with Crippen molar-refractivity contribution in [2.24, 2.45) is 0 Å². The molecule has 2 nitrogen and oxygen atoms in total. The zero-order valence-electron chi connectivity index (χ0n) is 9.04. The van der Waals surface area contributed by atoms with Gasteiger partial charge in [-0.25, -0.2) is 0 Å². The fourth-order valence-corrected chi connectivity index (χ4v) is 1.55. The first-order chi connectivity index (χ1) is 6.69. The van der Waals surface area contributed by atoms with Crippen LogP contribution in [0.15, 0.2) is 12.1 Å². The Morgan fingerprint density at radius 3 is 2.71 bits per heavy atom. The maximum atomic E-state index is 8.76. The van der Waals surface area contributed by atoms with Crippen LogP contribution in [0.25, 0.3) is 0 Å². The van der Waals surface area contributed by atoms with Gasteiger partial charge in [0.25, 0.3) is 0 Å². The van der Waals surface area contributed by atoms with E-state index < -0.39 is 0 Å². The number of aromatic nitrogens is 1. The summed E-state index contributed by atoms with van der Waals surface area (Å²) in [5.41, 5.74) is 2.62. The summed E-state index contributed by atoms with van der Waals surface area (Å²) in [6.45, 7) is 6.24. The van der Waals surface area contributed by atoms with Crippen molar-refractivity contribution in [1.29, 1.82) is 5.26 Å². The molecule has 1 atom stereocenters. The lowest BCUT2D eigenvalue weighted by Gasteiger charge is -2.10. The minimum absolute atomic E-state index is 0.492. The van der Waals surface area contributed by atoms with Crippen LogP contribution >= 0.6 is 0 Å². The number of nitrogens with zero attached hydrogens (tertiary/aromatic N) is 2. The van der Waals surface area contributed by atoms with E-state index in [2.05, 4.69) is 24.9 Å². The number of hydrogen-bond acceptors (Lipinski definition) is 2. The quantitative estimate of drug-likeness (QED) is 0.730. The standard InChI is InChI=1S/C12H16N2/c1-4-5-9(2)12-7-6-11(8-13)10(3)14-12/h6-7,9H,4-5H2,1-3H3. The van der Waals surface area contributed by atoms with E-state index >= 15 is 0 Å². The molecule has 0 N–H and O–H groups in total. The van der Waals surface area contributed by atoms with Gasteiger partial charge < -0.3 is 0 Å². The van der Waals surface area contributed by atoms with E-state index in [1.54, 1.807) is 0 Å². The van der Waals surface area contributed by atoms with E-state index in [0.717, 1.165) is 17.8 Å². The molecule has 1 aromatic rings. The van der Waals surface area contributed by atoms with Crippen molar-refractivity contribution in [3.05, 3.63) is 29.1 Å². The molecule has 0 radical (unpaired) electrons. The Morgan fingerprint density at radius 2 is 2.21 bits per heavy atom. The van der Waals surface area contributed by atoms with Crippen molar-refractivity contribution in [3.63, 3.8) is 0 Å². The van der Waals surface area contributed by atoms with Crippen LogP contribution in [-0.2, 0) is 0 Å². The zero-order chi connectivity index (χ0) is 10.6. The average Bonchev–Trinajstić information content (AvgIpc) is 2.18. The molecular weight excluding hydrogens is 172 g/mol. The smallest absolute Gasteiger partial charge is 0.101 e. The minimum atomic E-state index is 0.492. The predicted octanol–water partition coefficient (Wildman–Crippen LogP) is 3.17. The highest BCUT2D eigenvalue weighted by molar-refractivity contribution is 5.33. The predicted molar refractivity (Wildman–Crippen MR) is 57.0 cm³/mol. The lowest BCUT2D eigenvalue weighted by molar-refractivity contribution is 0.645. The molecule has 0 saturated heterocycles. The van der Waals surface area contributed by atoms with Crippen molar-refractivity contribution in [1.82, 2.24) is 4.98 Å². The number of pyridine rings is 1. The van der Waals surface area contributed by atoms with Crippen LogP contribution in [0.5, 0.6) is 0 Å². The molecule has 0 spiro atoms. The highest BCUT2D eigenvalue weighted by atomic mass is 14.7. The van der Waals surface area contributed by atoms with E-state index in [1.807, 2.05) is 19.1 Å². The van der Waals surface area contributed by atoms with Crippen molar-refractivity contribution >= 4 is 0 Å². The van der Waals surface area contributed by atoms with Crippen LogP contribution in [0.1, 0.15) is 49.6 Å². The summed E-state index contributed by atoms with van der Waals surface area (Å²) in [6, 6.07) is 5.96. The average molecular weight is 188 g/mol. The second-order valence-corrected chi connectivity index (χ2v) is 3.67. The molecule has 0 fully saturated rings. The summed E-state index contributed by atoms with van der Waals surface area (Å²) < 4.78 is 0. The third-order valence-corrected chi connectivity index (χ3v) is 2.45. The van der Waals surface area contributed by atoms with Crippen molar-refractivity contribution in [2.45, 2.75) is 39.5 Å². The summed E-state index contributed by atoms with van der Waals surface area (Å²) in [7, 11) is 0. The van der Waals surface area contributed by atoms with Crippen LogP contribution in [0.4, 0.5) is 0 Å². The second kappa shape index (κ2) is 4.76. The van der Waals surface area contributed by atoms with Gasteiger partial charge in [0.2, 0.25) is 0 Å². The van der Waals surface area contributed by atoms with Crippen molar-refractivity contribution in [2.75, 3.05) is 0 Å². The van der Waals surface area contributed by atoms with Gasteiger partial charge in [-0.3, -0.25) is 4.98 Å². The van der Waals surface area contributed by atoms with Crippen LogP contribution < -0.4 is 0 Å². The molecule has 1 heterocycles.